The molecule has 1 heterocycles. The van der Waals surface area contributed by atoms with Gasteiger partial charge >= 0.3 is 0 Å². The molecule has 0 saturated heterocycles. The van der Waals surface area contributed by atoms with E-state index in [9.17, 15) is 4.79 Å². The Balaban J connectivity index is 2.64. The van der Waals surface area contributed by atoms with Crippen LogP contribution in [0.25, 0.3) is 11.0 Å². The maximum absolute atomic E-state index is 11.5. The average Bonchev–Trinajstić information content (AvgIpc) is 2.45. The first kappa shape index (κ1) is 9.02. The van der Waals surface area contributed by atoms with Crippen LogP contribution in [0.15, 0.2) is 27.5 Å². The molecular weight excluding hydrogens is 180 g/mol. The van der Waals surface area contributed by atoms with Gasteiger partial charge in [0.25, 0.3) is 5.56 Å². The lowest BCUT2D eigenvalue weighted by Crippen LogP contribution is -2.09. The highest BCUT2D eigenvalue weighted by atomic mass is 16.5. The molecule has 0 radical (unpaired) electrons. The molecule has 4 nitrogen and oxygen atoms in total. The number of benzene rings is 1. The number of nitrogens with two attached hydrogens (primary N) is 1. The van der Waals surface area contributed by atoms with Gasteiger partial charge in [-0.05, 0) is 30.7 Å². The van der Waals surface area contributed by atoms with Crippen molar-refractivity contribution in [3.8, 4) is 0 Å². The molecule has 0 amide bonds. The maximum atomic E-state index is 11.5. The van der Waals surface area contributed by atoms with Gasteiger partial charge in [0.05, 0.1) is 5.39 Å². The summed E-state index contributed by atoms with van der Waals surface area (Å²) >= 11 is 0. The minimum Gasteiger partial charge on any atom is -0.376 e. The van der Waals surface area contributed by atoms with Crippen LogP contribution >= 0.6 is 0 Å². The Hall–Kier alpha value is -1.55. The molecule has 1 aromatic carbocycles. The van der Waals surface area contributed by atoms with Gasteiger partial charge in [0.15, 0.2) is 5.58 Å². The summed E-state index contributed by atoms with van der Waals surface area (Å²) in [5.74, 6) is 0. The van der Waals surface area contributed by atoms with Gasteiger partial charge in [-0.25, -0.2) is 0 Å². The lowest BCUT2D eigenvalue weighted by atomic mass is 10.1. The first-order valence-electron chi connectivity index (χ1n) is 4.51. The van der Waals surface area contributed by atoms with Crippen LogP contribution in [0.5, 0.6) is 0 Å². The second-order valence-electron chi connectivity index (χ2n) is 3.26. The molecule has 74 valence electrons. The monoisotopic (exact) mass is 192 g/mol. The summed E-state index contributed by atoms with van der Waals surface area (Å²) < 4.78 is 6.44. The second kappa shape index (κ2) is 3.31. The lowest BCUT2D eigenvalue weighted by Gasteiger charge is -1.95. The Morgan fingerprint density at radius 2 is 2.29 bits per heavy atom. The third kappa shape index (κ3) is 1.33. The van der Waals surface area contributed by atoms with Gasteiger partial charge in [0, 0.05) is 7.05 Å². The summed E-state index contributed by atoms with van der Waals surface area (Å²) in [6, 6.07) is 5.58. The molecule has 0 unspecified atom stereocenters. The maximum Gasteiger partial charge on any atom is 0.290 e. The zero-order valence-electron chi connectivity index (χ0n) is 7.99. The van der Waals surface area contributed by atoms with Gasteiger partial charge in [-0.1, -0.05) is 6.07 Å². The molecule has 0 bridgehead atoms. The van der Waals surface area contributed by atoms with E-state index in [0.717, 1.165) is 12.0 Å². The predicted octanol–water partition coefficient (Wildman–Crippen LogP) is 0.633. The molecule has 14 heavy (non-hydrogen) atoms. The van der Waals surface area contributed by atoms with Crippen molar-refractivity contribution in [2.24, 2.45) is 12.8 Å². The van der Waals surface area contributed by atoms with Crippen molar-refractivity contribution >= 4 is 11.0 Å². The third-order valence-electron chi connectivity index (χ3n) is 2.23. The standard InChI is InChI=1S/C10H12N2O2/c1-12-10(13)8-6-7(4-5-11)2-3-9(8)14-12/h2-3,6H,4-5,11H2,1H3. The largest absolute Gasteiger partial charge is 0.376 e. The zero-order valence-corrected chi connectivity index (χ0v) is 7.99. The van der Waals surface area contributed by atoms with Crippen LogP contribution in [0, 0.1) is 0 Å². The van der Waals surface area contributed by atoms with Crippen molar-refractivity contribution in [2.45, 2.75) is 6.42 Å². The van der Waals surface area contributed by atoms with Gasteiger partial charge in [-0.2, -0.15) is 4.74 Å². The summed E-state index contributed by atoms with van der Waals surface area (Å²) in [4.78, 5) is 11.5. The van der Waals surface area contributed by atoms with Crippen molar-refractivity contribution in [1.29, 1.82) is 0 Å². The fraction of sp³-hybridized carbons (Fsp3) is 0.300. The number of rotatable bonds is 2. The number of aryl methyl sites for hydroxylation is 1. The van der Waals surface area contributed by atoms with Crippen LogP contribution in [0.3, 0.4) is 0 Å². The Bertz CT molecular complexity index is 510. The first-order valence-corrected chi connectivity index (χ1v) is 4.51. The topological polar surface area (TPSA) is 61.2 Å². The normalized spacial score (nSPS) is 11.0. The molecule has 2 aromatic rings. The number of hydrogen-bond acceptors (Lipinski definition) is 3. The highest BCUT2D eigenvalue weighted by Crippen LogP contribution is 2.12. The van der Waals surface area contributed by atoms with Gasteiger partial charge in [0.2, 0.25) is 0 Å². The molecule has 4 heteroatoms. The fourth-order valence-corrected chi connectivity index (χ4v) is 1.50. The molecule has 0 aliphatic carbocycles. The Morgan fingerprint density at radius 3 is 3.00 bits per heavy atom. The van der Waals surface area contributed by atoms with Gasteiger partial charge in [-0.15, -0.1) is 0 Å². The number of fused-ring (bicyclic) bond motifs is 1. The van der Waals surface area contributed by atoms with Crippen LogP contribution in [0.1, 0.15) is 5.56 Å². The molecule has 1 aromatic heterocycles. The summed E-state index contributed by atoms with van der Waals surface area (Å²) in [6.45, 7) is 0.587. The van der Waals surface area contributed by atoms with Crippen molar-refractivity contribution in [3.05, 3.63) is 34.1 Å². The van der Waals surface area contributed by atoms with E-state index in [1.54, 1.807) is 7.05 Å². The molecule has 0 fully saturated rings. The first-order chi connectivity index (χ1) is 6.72. The predicted molar refractivity (Wildman–Crippen MR) is 54.2 cm³/mol. The van der Waals surface area contributed by atoms with Crippen molar-refractivity contribution in [1.82, 2.24) is 4.74 Å². The highest BCUT2D eigenvalue weighted by molar-refractivity contribution is 5.76. The quantitative estimate of drug-likeness (QED) is 0.759. The fourth-order valence-electron chi connectivity index (χ4n) is 1.50. The van der Waals surface area contributed by atoms with E-state index < -0.39 is 0 Å². The molecule has 0 atom stereocenters. The third-order valence-corrected chi connectivity index (χ3v) is 2.23. The van der Waals surface area contributed by atoms with E-state index in [4.69, 9.17) is 10.3 Å². The van der Waals surface area contributed by atoms with E-state index in [0.29, 0.717) is 17.5 Å². The van der Waals surface area contributed by atoms with E-state index >= 15 is 0 Å². The van der Waals surface area contributed by atoms with Crippen molar-refractivity contribution in [3.63, 3.8) is 0 Å². The second-order valence-corrected chi connectivity index (χ2v) is 3.26. The van der Waals surface area contributed by atoms with Crippen LogP contribution in [0.2, 0.25) is 0 Å². The van der Waals surface area contributed by atoms with Crippen molar-refractivity contribution < 1.29 is 4.52 Å². The zero-order chi connectivity index (χ0) is 10.1. The van der Waals surface area contributed by atoms with E-state index in [2.05, 4.69) is 0 Å². The molecule has 0 aliphatic heterocycles. The minimum atomic E-state index is -0.0983. The number of aromatic nitrogens is 1. The molecule has 2 rings (SSSR count). The van der Waals surface area contributed by atoms with E-state index in [1.807, 2.05) is 18.2 Å². The SMILES string of the molecule is Cn1oc2ccc(CCN)cc2c1=O. The molecule has 0 spiro atoms. The summed E-state index contributed by atoms with van der Waals surface area (Å²) in [5, 5.41) is 0.624. The molecule has 2 N–H and O–H groups in total. The number of nitrogens with zero attached hydrogens (tertiary/aromatic N) is 1. The van der Waals surface area contributed by atoms with Gasteiger partial charge in [-0.3, -0.25) is 4.79 Å². The summed E-state index contributed by atoms with van der Waals surface area (Å²) in [6.07, 6.45) is 0.782. The Labute approximate surface area is 80.9 Å². The molecule has 0 saturated carbocycles. The smallest absolute Gasteiger partial charge is 0.290 e. The molecule has 0 aliphatic rings. The van der Waals surface area contributed by atoms with Crippen LogP contribution in [-0.4, -0.2) is 11.3 Å². The van der Waals surface area contributed by atoms with Gasteiger partial charge in [0.1, 0.15) is 0 Å². The Kier molecular flexibility index (Phi) is 2.13. The Morgan fingerprint density at radius 1 is 1.50 bits per heavy atom. The van der Waals surface area contributed by atoms with Crippen LogP contribution in [-0.2, 0) is 13.5 Å². The lowest BCUT2D eigenvalue weighted by molar-refractivity contribution is 0.324. The van der Waals surface area contributed by atoms with Crippen LogP contribution in [0.4, 0.5) is 0 Å². The highest BCUT2D eigenvalue weighted by Gasteiger charge is 2.06. The summed E-state index contributed by atoms with van der Waals surface area (Å²) in [7, 11) is 1.60. The van der Waals surface area contributed by atoms with Gasteiger partial charge < -0.3 is 10.3 Å². The van der Waals surface area contributed by atoms with E-state index in [-0.39, 0.29) is 5.56 Å². The molecular formula is C10H12N2O2. The number of hydrogen-bond donors (Lipinski definition) is 1. The average molecular weight is 192 g/mol. The summed E-state index contributed by atoms with van der Waals surface area (Å²) in [5.41, 5.74) is 7.03. The van der Waals surface area contributed by atoms with Crippen LogP contribution < -0.4 is 11.3 Å². The van der Waals surface area contributed by atoms with Crippen molar-refractivity contribution in [2.75, 3.05) is 6.54 Å². The minimum absolute atomic E-state index is 0.0983. The van der Waals surface area contributed by atoms with E-state index in [1.165, 1.54) is 4.74 Å².